The van der Waals surface area contributed by atoms with Gasteiger partial charge in [0, 0.05) is 6.54 Å². The fraction of sp³-hybridized carbons (Fsp3) is 0.562. The van der Waals surface area contributed by atoms with Crippen molar-refractivity contribution in [3.05, 3.63) is 29.6 Å². The van der Waals surface area contributed by atoms with Gasteiger partial charge in [-0.1, -0.05) is 32.3 Å². The largest absolute Gasteiger partial charge is 0.384 e. The Hall–Kier alpha value is -1.56. The molecule has 0 aromatic heterocycles. The highest BCUT2D eigenvalue weighted by atomic mass is 19.1. The minimum absolute atomic E-state index is 0.125. The summed E-state index contributed by atoms with van der Waals surface area (Å²) in [6, 6.07) is 6.66. The number of benzene rings is 1. The van der Waals surface area contributed by atoms with Gasteiger partial charge in [-0.25, -0.2) is 4.39 Å². The van der Waals surface area contributed by atoms with Gasteiger partial charge in [-0.3, -0.25) is 0 Å². The normalized spacial score (nSPS) is 22.8. The third-order valence-electron chi connectivity index (χ3n) is 4.04. The zero-order valence-corrected chi connectivity index (χ0v) is 11.5. The molecular weight excluding hydrogens is 239 g/mol. The van der Waals surface area contributed by atoms with Crippen LogP contribution in [0.3, 0.4) is 0 Å². The number of nitrogens with zero attached hydrogens (tertiary/aromatic N) is 1. The topological polar surface area (TPSA) is 35.8 Å². The highest BCUT2D eigenvalue weighted by Crippen LogP contribution is 2.30. The van der Waals surface area contributed by atoms with Crippen LogP contribution in [-0.2, 0) is 0 Å². The minimum Gasteiger partial charge on any atom is -0.384 e. The number of nitrogens with one attached hydrogen (secondary N) is 1. The Morgan fingerprint density at radius 3 is 3.00 bits per heavy atom. The van der Waals surface area contributed by atoms with Gasteiger partial charge in [-0.05, 0) is 36.8 Å². The molecule has 2 atom stereocenters. The lowest BCUT2D eigenvalue weighted by molar-refractivity contribution is 0.274. The van der Waals surface area contributed by atoms with Crippen molar-refractivity contribution in [3.63, 3.8) is 0 Å². The van der Waals surface area contributed by atoms with Crippen LogP contribution in [0.15, 0.2) is 18.2 Å². The maximum atomic E-state index is 13.4. The monoisotopic (exact) mass is 260 g/mol. The molecule has 3 heteroatoms. The Morgan fingerprint density at radius 1 is 1.42 bits per heavy atom. The number of rotatable bonds is 4. The van der Waals surface area contributed by atoms with E-state index in [4.69, 9.17) is 5.26 Å². The summed E-state index contributed by atoms with van der Waals surface area (Å²) in [5.41, 5.74) is 0.742. The Morgan fingerprint density at radius 2 is 2.26 bits per heavy atom. The first kappa shape index (κ1) is 13.9. The van der Waals surface area contributed by atoms with Crippen LogP contribution in [0.1, 0.15) is 44.6 Å². The van der Waals surface area contributed by atoms with Crippen LogP contribution in [0.5, 0.6) is 0 Å². The highest BCUT2D eigenvalue weighted by molar-refractivity contribution is 5.57. The summed E-state index contributed by atoms with van der Waals surface area (Å²) in [6.45, 7) is 3.13. The van der Waals surface area contributed by atoms with E-state index in [1.54, 1.807) is 12.1 Å². The second-order valence-electron chi connectivity index (χ2n) is 5.63. The van der Waals surface area contributed by atoms with E-state index < -0.39 is 5.82 Å². The number of hydrogen-bond acceptors (Lipinski definition) is 2. The lowest BCUT2D eigenvalue weighted by Gasteiger charge is -2.26. The summed E-state index contributed by atoms with van der Waals surface area (Å²) < 4.78 is 13.4. The summed E-state index contributed by atoms with van der Waals surface area (Å²) in [4.78, 5) is 0. The molecule has 0 heterocycles. The van der Waals surface area contributed by atoms with Crippen molar-refractivity contribution in [1.29, 1.82) is 5.26 Å². The van der Waals surface area contributed by atoms with Gasteiger partial charge in [-0.15, -0.1) is 0 Å². The second-order valence-corrected chi connectivity index (χ2v) is 5.63. The molecule has 0 spiro atoms. The van der Waals surface area contributed by atoms with Gasteiger partial charge in [-0.2, -0.15) is 5.26 Å². The summed E-state index contributed by atoms with van der Waals surface area (Å²) in [7, 11) is 0. The van der Waals surface area contributed by atoms with E-state index in [0.29, 0.717) is 5.69 Å². The van der Waals surface area contributed by atoms with Crippen LogP contribution in [-0.4, -0.2) is 6.54 Å². The van der Waals surface area contributed by atoms with Crippen molar-refractivity contribution in [2.24, 2.45) is 11.8 Å². The lowest BCUT2D eigenvalue weighted by atomic mass is 9.81. The summed E-state index contributed by atoms with van der Waals surface area (Å²) in [5.74, 6) is 1.16. The van der Waals surface area contributed by atoms with Gasteiger partial charge in [0.05, 0.1) is 5.69 Å². The molecule has 102 valence electrons. The van der Waals surface area contributed by atoms with Crippen molar-refractivity contribution in [1.82, 2.24) is 0 Å². The van der Waals surface area contributed by atoms with E-state index in [0.717, 1.165) is 24.8 Å². The van der Waals surface area contributed by atoms with Gasteiger partial charge in [0.15, 0.2) is 0 Å². The minimum atomic E-state index is -0.446. The number of hydrogen-bond donors (Lipinski definition) is 1. The molecule has 19 heavy (non-hydrogen) atoms. The zero-order valence-electron chi connectivity index (χ0n) is 11.5. The van der Waals surface area contributed by atoms with Gasteiger partial charge in [0.1, 0.15) is 17.4 Å². The molecule has 2 nitrogen and oxygen atoms in total. The third kappa shape index (κ3) is 3.70. The van der Waals surface area contributed by atoms with E-state index in [1.165, 1.54) is 31.7 Å². The molecule has 0 radical (unpaired) electrons. The zero-order chi connectivity index (χ0) is 13.7. The Bertz CT molecular complexity index is 464. The van der Waals surface area contributed by atoms with Gasteiger partial charge in [0.2, 0.25) is 0 Å². The molecule has 1 fully saturated rings. The summed E-state index contributed by atoms with van der Waals surface area (Å²) in [5, 5.41) is 12.2. The lowest BCUT2D eigenvalue weighted by Crippen LogP contribution is -2.17. The van der Waals surface area contributed by atoms with Crippen molar-refractivity contribution in [2.45, 2.75) is 39.0 Å². The Labute approximate surface area is 114 Å². The Kier molecular flexibility index (Phi) is 4.79. The van der Waals surface area contributed by atoms with E-state index >= 15 is 0 Å². The van der Waals surface area contributed by atoms with Crippen molar-refractivity contribution < 1.29 is 4.39 Å². The van der Waals surface area contributed by atoms with Gasteiger partial charge in [0.25, 0.3) is 0 Å². The first-order chi connectivity index (χ1) is 9.20. The van der Waals surface area contributed by atoms with Crippen LogP contribution in [0, 0.1) is 29.0 Å². The molecule has 1 N–H and O–H groups in total. The summed E-state index contributed by atoms with van der Waals surface area (Å²) in [6.07, 6.45) is 6.39. The first-order valence-electron chi connectivity index (χ1n) is 7.13. The molecule has 0 amide bonds. The SMILES string of the molecule is CC1CCCC(CCNc2cccc(F)c2C#N)C1. The molecule has 0 saturated heterocycles. The van der Waals surface area contributed by atoms with Gasteiger partial charge >= 0.3 is 0 Å². The maximum absolute atomic E-state index is 13.4. The van der Waals surface area contributed by atoms with Crippen LogP contribution >= 0.6 is 0 Å². The second kappa shape index (κ2) is 6.56. The molecule has 2 unspecified atom stereocenters. The van der Waals surface area contributed by atoms with E-state index in [1.807, 2.05) is 6.07 Å². The smallest absolute Gasteiger partial charge is 0.143 e. The third-order valence-corrected chi connectivity index (χ3v) is 4.04. The molecule has 2 rings (SSSR count). The highest BCUT2D eigenvalue weighted by Gasteiger charge is 2.18. The molecular formula is C16H21FN2. The standard InChI is InChI=1S/C16H21FN2/c1-12-4-2-5-13(10-12)8-9-19-16-7-3-6-15(17)14(16)11-18/h3,6-7,12-13,19H,2,4-5,8-10H2,1H3. The average Bonchev–Trinajstić information content (AvgIpc) is 2.39. The van der Waals surface area contributed by atoms with E-state index in [2.05, 4.69) is 12.2 Å². The average molecular weight is 260 g/mol. The molecule has 0 aliphatic heterocycles. The quantitative estimate of drug-likeness (QED) is 0.874. The fourth-order valence-electron chi connectivity index (χ4n) is 3.02. The van der Waals surface area contributed by atoms with E-state index in [-0.39, 0.29) is 5.56 Å². The van der Waals surface area contributed by atoms with Crippen molar-refractivity contribution >= 4 is 5.69 Å². The van der Waals surface area contributed by atoms with Crippen molar-refractivity contribution in [3.8, 4) is 6.07 Å². The van der Waals surface area contributed by atoms with E-state index in [9.17, 15) is 4.39 Å². The molecule has 1 aromatic rings. The maximum Gasteiger partial charge on any atom is 0.143 e. The summed E-state index contributed by atoms with van der Waals surface area (Å²) >= 11 is 0. The van der Waals surface area contributed by atoms with Crippen LogP contribution in [0.2, 0.25) is 0 Å². The fourth-order valence-corrected chi connectivity index (χ4v) is 3.02. The first-order valence-corrected chi connectivity index (χ1v) is 7.13. The Balaban J connectivity index is 1.86. The molecule has 1 aliphatic carbocycles. The van der Waals surface area contributed by atoms with Crippen LogP contribution in [0.4, 0.5) is 10.1 Å². The molecule has 1 aromatic carbocycles. The number of halogens is 1. The molecule has 0 bridgehead atoms. The van der Waals surface area contributed by atoms with Crippen molar-refractivity contribution in [2.75, 3.05) is 11.9 Å². The van der Waals surface area contributed by atoms with Crippen LogP contribution in [0.25, 0.3) is 0 Å². The molecule has 1 aliphatic rings. The number of nitriles is 1. The predicted molar refractivity (Wildman–Crippen MR) is 75.3 cm³/mol. The van der Waals surface area contributed by atoms with Gasteiger partial charge < -0.3 is 5.32 Å². The predicted octanol–water partition coefficient (Wildman–Crippen LogP) is 4.33. The molecule has 1 saturated carbocycles. The van der Waals surface area contributed by atoms with Crippen LogP contribution < -0.4 is 5.32 Å². The number of anilines is 1.